The van der Waals surface area contributed by atoms with Crippen LogP contribution in [0.5, 0.6) is 0 Å². The Balaban J connectivity index is 2.27. The third-order valence-corrected chi connectivity index (χ3v) is 4.78. The van der Waals surface area contributed by atoms with E-state index in [9.17, 15) is 0 Å². The summed E-state index contributed by atoms with van der Waals surface area (Å²) >= 11 is 12.2. The number of hydrogen-bond donors (Lipinski definition) is 2. The molecule has 4 heteroatoms. The maximum Gasteiger partial charge on any atom is 0.0491 e. The van der Waals surface area contributed by atoms with Crippen molar-refractivity contribution in [1.82, 2.24) is 5.43 Å². The molecule has 0 spiro atoms. The van der Waals surface area contributed by atoms with Crippen LogP contribution >= 0.6 is 23.2 Å². The molecule has 0 saturated heterocycles. The van der Waals surface area contributed by atoms with Gasteiger partial charge in [0.05, 0.1) is 0 Å². The van der Waals surface area contributed by atoms with E-state index in [0.717, 1.165) is 11.5 Å². The quantitative estimate of drug-likeness (QED) is 0.624. The van der Waals surface area contributed by atoms with Crippen LogP contribution in [-0.4, -0.2) is 0 Å². The first-order valence-electron chi connectivity index (χ1n) is 7.07. The molecule has 1 aliphatic carbocycles. The Bertz CT molecular complexity index is 402. The first-order valence-corrected chi connectivity index (χ1v) is 7.83. The predicted octanol–water partition coefficient (Wildman–Crippen LogP) is 4.71. The van der Waals surface area contributed by atoms with E-state index in [-0.39, 0.29) is 6.04 Å². The molecule has 0 bridgehead atoms. The maximum atomic E-state index is 6.11. The summed E-state index contributed by atoms with van der Waals surface area (Å²) in [6.07, 6.45) is 6.35. The summed E-state index contributed by atoms with van der Waals surface area (Å²) in [5.41, 5.74) is 4.09. The van der Waals surface area contributed by atoms with Crippen LogP contribution in [0.3, 0.4) is 0 Å². The van der Waals surface area contributed by atoms with Crippen LogP contribution in [0.4, 0.5) is 0 Å². The second-order valence-corrected chi connectivity index (χ2v) is 6.34. The molecule has 106 valence electrons. The molecule has 2 nitrogen and oxygen atoms in total. The van der Waals surface area contributed by atoms with Crippen molar-refractivity contribution >= 4 is 23.2 Å². The third kappa shape index (κ3) is 3.63. The van der Waals surface area contributed by atoms with E-state index in [1.54, 1.807) is 6.07 Å². The van der Waals surface area contributed by atoms with Crippen molar-refractivity contribution in [1.29, 1.82) is 0 Å². The number of rotatable bonds is 4. The molecule has 0 aliphatic heterocycles. The van der Waals surface area contributed by atoms with Crippen molar-refractivity contribution in [3.8, 4) is 0 Å². The van der Waals surface area contributed by atoms with Crippen LogP contribution in [0.1, 0.15) is 50.6 Å². The molecule has 0 heterocycles. The second kappa shape index (κ2) is 6.94. The van der Waals surface area contributed by atoms with Gasteiger partial charge in [-0.3, -0.25) is 11.3 Å². The molecule has 1 fully saturated rings. The third-order valence-electron chi connectivity index (χ3n) is 4.34. The minimum Gasteiger partial charge on any atom is -0.271 e. The number of nitrogens with one attached hydrogen (secondary N) is 1. The van der Waals surface area contributed by atoms with Gasteiger partial charge in [0.1, 0.15) is 0 Å². The number of benzene rings is 1. The molecule has 1 aromatic carbocycles. The lowest BCUT2D eigenvalue weighted by molar-refractivity contribution is 0.176. The summed E-state index contributed by atoms with van der Waals surface area (Å²) in [5.74, 6) is 7.11. The van der Waals surface area contributed by atoms with Crippen LogP contribution in [0.25, 0.3) is 0 Å². The molecular formula is C15H22Cl2N2. The summed E-state index contributed by atoms with van der Waals surface area (Å²) < 4.78 is 0. The van der Waals surface area contributed by atoms with Gasteiger partial charge in [-0.1, -0.05) is 55.8 Å². The van der Waals surface area contributed by atoms with Gasteiger partial charge < -0.3 is 0 Å². The van der Waals surface area contributed by atoms with Crippen LogP contribution < -0.4 is 11.3 Å². The van der Waals surface area contributed by atoms with Gasteiger partial charge in [-0.25, -0.2) is 0 Å². The van der Waals surface area contributed by atoms with E-state index in [4.69, 9.17) is 29.0 Å². The second-order valence-electron chi connectivity index (χ2n) is 5.46. The van der Waals surface area contributed by atoms with Crippen molar-refractivity contribution in [3.05, 3.63) is 33.8 Å². The lowest BCUT2D eigenvalue weighted by atomic mass is 9.72. The smallest absolute Gasteiger partial charge is 0.0491 e. The van der Waals surface area contributed by atoms with Gasteiger partial charge in [0.15, 0.2) is 0 Å². The Morgan fingerprint density at radius 3 is 2.42 bits per heavy atom. The number of hydrogen-bond acceptors (Lipinski definition) is 2. The standard InChI is InChI=1S/C15H22Cl2N2/c1-2-10-5-3-4-6-14(10)15(19-18)11-7-12(16)9-13(17)8-11/h7-10,14-15,19H,2-6,18H2,1H3. The highest BCUT2D eigenvalue weighted by molar-refractivity contribution is 6.34. The summed E-state index contributed by atoms with van der Waals surface area (Å²) in [5, 5.41) is 1.35. The van der Waals surface area contributed by atoms with Crippen molar-refractivity contribution in [2.24, 2.45) is 17.7 Å². The highest BCUT2D eigenvalue weighted by Gasteiger charge is 2.31. The van der Waals surface area contributed by atoms with Crippen LogP contribution in [0, 0.1) is 11.8 Å². The molecular weight excluding hydrogens is 279 g/mol. The van der Waals surface area contributed by atoms with Gasteiger partial charge >= 0.3 is 0 Å². The summed E-state index contributed by atoms with van der Waals surface area (Å²) in [6.45, 7) is 2.27. The van der Waals surface area contributed by atoms with Crippen LogP contribution in [0.15, 0.2) is 18.2 Å². The highest BCUT2D eigenvalue weighted by Crippen LogP contribution is 2.40. The molecule has 1 saturated carbocycles. The predicted molar refractivity (Wildman–Crippen MR) is 82.3 cm³/mol. The fourth-order valence-electron chi connectivity index (χ4n) is 3.40. The summed E-state index contributed by atoms with van der Waals surface area (Å²) in [4.78, 5) is 0. The fourth-order valence-corrected chi connectivity index (χ4v) is 3.95. The van der Waals surface area contributed by atoms with Gasteiger partial charge in [0.2, 0.25) is 0 Å². The molecule has 3 unspecified atom stereocenters. The van der Waals surface area contributed by atoms with Crippen molar-refractivity contribution < 1.29 is 0 Å². The van der Waals surface area contributed by atoms with E-state index in [1.807, 2.05) is 12.1 Å². The zero-order valence-electron chi connectivity index (χ0n) is 11.3. The number of hydrazine groups is 1. The molecule has 0 amide bonds. The highest BCUT2D eigenvalue weighted by atomic mass is 35.5. The number of halogens is 2. The van der Waals surface area contributed by atoms with Gasteiger partial charge in [0.25, 0.3) is 0 Å². The van der Waals surface area contributed by atoms with E-state index in [1.165, 1.54) is 32.1 Å². The van der Waals surface area contributed by atoms with E-state index in [2.05, 4.69) is 12.3 Å². The minimum absolute atomic E-state index is 0.140. The molecule has 1 aromatic rings. The SMILES string of the molecule is CCC1CCCCC1C(NN)c1cc(Cl)cc(Cl)c1. The average molecular weight is 301 g/mol. The van der Waals surface area contributed by atoms with Gasteiger partial charge in [0, 0.05) is 16.1 Å². The topological polar surface area (TPSA) is 38.0 Å². The molecule has 19 heavy (non-hydrogen) atoms. The molecule has 3 atom stereocenters. The normalized spacial score (nSPS) is 25.3. The van der Waals surface area contributed by atoms with Gasteiger partial charge in [-0.05, 0) is 42.0 Å². The van der Waals surface area contributed by atoms with E-state index < -0.39 is 0 Å². The van der Waals surface area contributed by atoms with Crippen LogP contribution in [-0.2, 0) is 0 Å². The molecule has 0 radical (unpaired) electrons. The Morgan fingerprint density at radius 2 is 1.84 bits per heavy atom. The zero-order chi connectivity index (χ0) is 13.8. The van der Waals surface area contributed by atoms with E-state index in [0.29, 0.717) is 16.0 Å². The zero-order valence-corrected chi connectivity index (χ0v) is 12.8. The van der Waals surface area contributed by atoms with Crippen LogP contribution in [0.2, 0.25) is 10.0 Å². The lowest BCUT2D eigenvalue weighted by Crippen LogP contribution is -2.38. The van der Waals surface area contributed by atoms with Gasteiger partial charge in [-0.15, -0.1) is 0 Å². The number of nitrogens with two attached hydrogens (primary N) is 1. The van der Waals surface area contributed by atoms with Gasteiger partial charge in [-0.2, -0.15) is 0 Å². The lowest BCUT2D eigenvalue weighted by Gasteiger charge is -2.37. The van der Waals surface area contributed by atoms with E-state index >= 15 is 0 Å². The molecule has 2 rings (SSSR count). The molecule has 0 aromatic heterocycles. The molecule has 3 N–H and O–H groups in total. The summed E-state index contributed by atoms with van der Waals surface area (Å²) in [6, 6.07) is 5.85. The Kier molecular flexibility index (Phi) is 5.52. The summed E-state index contributed by atoms with van der Waals surface area (Å²) in [7, 11) is 0. The first-order chi connectivity index (χ1) is 9.15. The van der Waals surface area contributed by atoms with Crippen molar-refractivity contribution in [3.63, 3.8) is 0 Å². The fraction of sp³-hybridized carbons (Fsp3) is 0.600. The Morgan fingerprint density at radius 1 is 1.21 bits per heavy atom. The largest absolute Gasteiger partial charge is 0.271 e. The average Bonchev–Trinajstić information content (AvgIpc) is 2.39. The first kappa shape index (κ1) is 15.1. The Hall–Kier alpha value is -0.280. The van der Waals surface area contributed by atoms with Crippen molar-refractivity contribution in [2.75, 3.05) is 0 Å². The Labute approximate surface area is 125 Å². The molecule has 1 aliphatic rings. The maximum absolute atomic E-state index is 6.11. The monoisotopic (exact) mass is 300 g/mol. The minimum atomic E-state index is 0.140. The van der Waals surface area contributed by atoms with Crippen molar-refractivity contribution in [2.45, 2.75) is 45.1 Å².